The third-order valence-electron chi connectivity index (χ3n) is 9.24. The van der Waals surface area contributed by atoms with Crippen LogP contribution < -0.4 is 11.1 Å². The minimum atomic E-state index is -0.792. The number of hydrogen-bond acceptors (Lipinski definition) is 16. The van der Waals surface area contributed by atoms with Crippen LogP contribution in [0.3, 0.4) is 0 Å². The molecule has 0 unspecified atom stereocenters. The van der Waals surface area contributed by atoms with Crippen molar-refractivity contribution in [2.45, 2.75) is 88.3 Å². The average Bonchev–Trinajstić information content (AvgIpc) is 3.96. The fourth-order valence-electron chi connectivity index (χ4n) is 7.03. The highest BCUT2D eigenvalue weighted by atomic mass is 79.9. The van der Waals surface area contributed by atoms with Gasteiger partial charge in [-0.05, 0) is 52.0 Å². The molecule has 19 nitrogen and oxygen atoms in total. The second kappa shape index (κ2) is 13.6. The summed E-state index contributed by atoms with van der Waals surface area (Å²) in [6, 6.07) is 6.99. The third kappa shape index (κ3) is 6.53. The molecule has 1 aromatic carbocycles. The summed E-state index contributed by atoms with van der Waals surface area (Å²) in [7, 11) is 0. The van der Waals surface area contributed by atoms with E-state index in [2.05, 4.69) is 51.2 Å². The molecule has 8 atom stereocenters. The smallest absolute Gasteiger partial charge is 0.256 e. The number of aliphatic hydroxyl groups excluding tert-OH is 2. The van der Waals surface area contributed by atoms with E-state index in [1.165, 1.54) is 12.7 Å². The second-order valence-electron chi connectivity index (χ2n) is 13.7. The maximum atomic E-state index is 12.6. The van der Waals surface area contributed by atoms with Gasteiger partial charge in [-0.15, -0.1) is 0 Å². The number of carbonyl (C=O) groups is 1. The molecule has 0 spiro atoms. The van der Waals surface area contributed by atoms with Gasteiger partial charge in [0.15, 0.2) is 52.5 Å². The molecule has 0 saturated carbocycles. The zero-order valence-corrected chi connectivity index (χ0v) is 30.5. The Kier molecular flexibility index (Phi) is 9.15. The van der Waals surface area contributed by atoms with Crippen molar-refractivity contribution in [1.29, 1.82) is 0 Å². The number of nitrogens with zero attached hydrogens (tertiary/aromatic N) is 8. The molecule has 8 heterocycles. The standard InChI is InChI=1S/C20H20BrN5O5.C13H17N5O4/c1-20(2)30-14-12(7-27)29-19(15(14)31-20)26-9-24-13-16(22-8-23-17(13)26)25-18(28)10-3-5-11(21)6-4-10;1-13(2)21-8-6(3-19)20-12(9(8)22-13)18-5-17-7-10(14)15-4-16-11(7)18/h3-6,8-9,12,14-15,19,27H,7H2,1-2H3,(H,22,23,25,28);4-6,8-9,12,19H,3H2,1-2H3,(H2,14,15,16)/t12-,14-,15-,19-;6-,8-,9-,12-/m11/s1. The van der Waals surface area contributed by atoms with E-state index in [0.717, 1.165) is 4.47 Å². The topological polar surface area (TPSA) is 238 Å². The van der Waals surface area contributed by atoms with E-state index < -0.39 is 48.4 Å². The molecular weight excluding hydrogens is 760 g/mol. The Labute approximate surface area is 309 Å². The van der Waals surface area contributed by atoms with Crippen molar-refractivity contribution in [1.82, 2.24) is 39.0 Å². The number of nitrogens with one attached hydrogen (secondary N) is 1. The highest BCUT2D eigenvalue weighted by molar-refractivity contribution is 9.10. The van der Waals surface area contributed by atoms with Gasteiger partial charge >= 0.3 is 0 Å². The van der Waals surface area contributed by atoms with Crippen molar-refractivity contribution in [2.24, 2.45) is 0 Å². The number of rotatable bonds is 6. The van der Waals surface area contributed by atoms with Crippen LogP contribution in [0.5, 0.6) is 0 Å². The second-order valence-corrected chi connectivity index (χ2v) is 14.6. The van der Waals surface area contributed by atoms with Gasteiger partial charge in [0.25, 0.3) is 5.91 Å². The third-order valence-corrected chi connectivity index (χ3v) is 9.77. The number of carbonyl (C=O) groups excluding carboxylic acids is 1. The molecule has 5 aromatic rings. The first kappa shape index (κ1) is 35.8. The van der Waals surface area contributed by atoms with Gasteiger partial charge < -0.3 is 49.7 Å². The molecule has 4 fully saturated rings. The summed E-state index contributed by atoms with van der Waals surface area (Å²) < 4.78 is 39.9. The van der Waals surface area contributed by atoms with Gasteiger partial charge in [-0.2, -0.15) is 0 Å². The SMILES string of the molecule is CC1(C)O[C@@H]2[C@H](O1)[C@@H](CO)O[C@H]2n1cnc2c(N)ncnc21.CC1(C)O[C@@H]2[C@H](O1)[C@@H](CO)O[C@H]2n1cnc2c(NC(=O)c3ccc(Br)cc3)ncnc21. The zero-order chi connectivity index (χ0) is 37.2. The average molecular weight is 798 g/mol. The lowest BCUT2D eigenvalue weighted by atomic mass is 10.1. The first-order valence-electron chi connectivity index (χ1n) is 16.8. The largest absolute Gasteiger partial charge is 0.394 e. The molecule has 4 aromatic heterocycles. The van der Waals surface area contributed by atoms with Gasteiger partial charge in [0.05, 0.1) is 25.9 Å². The lowest BCUT2D eigenvalue weighted by Crippen LogP contribution is -2.31. The van der Waals surface area contributed by atoms with Crippen LogP contribution in [-0.2, 0) is 28.4 Å². The number of hydrogen-bond donors (Lipinski definition) is 4. The van der Waals surface area contributed by atoms with Crippen molar-refractivity contribution in [2.75, 3.05) is 24.3 Å². The van der Waals surface area contributed by atoms with Crippen LogP contribution in [-0.4, -0.2) is 117 Å². The fourth-order valence-corrected chi connectivity index (χ4v) is 7.29. The van der Waals surface area contributed by atoms with Crippen LogP contribution in [0, 0.1) is 0 Å². The van der Waals surface area contributed by atoms with Crippen molar-refractivity contribution in [3.8, 4) is 0 Å². The summed E-state index contributed by atoms with van der Waals surface area (Å²) in [4.78, 5) is 37.9. The van der Waals surface area contributed by atoms with E-state index in [1.807, 2.05) is 27.7 Å². The molecule has 0 radical (unpaired) electrons. The predicted octanol–water partition coefficient (Wildman–Crippen LogP) is 2.07. The quantitative estimate of drug-likeness (QED) is 0.192. The van der Waals surface area contributed by atoms with E-state index in [-0.39, 0.29) is 37.1 Å². The van der Waals surface area contributed by atoms with Crippen LogP contribution in [0.1, 0.15) is 50.5 Å². The van der Waals surface area contributed by atoms with E-state index in [0.29, 0.717) is 33.7 Å². The number of amides is 1. The van der Waals surface area contributed by atoms with Gasteiger partial charge in [-0.25, -0.2) is 29.9 Å². The fraction of sp³-hybridized carbons (Fsp3) is 0.485. The maximum Gasteiger partial charge on any atom is 0.256 e. The first-order valence-corrected chi connectivity index (χ1v) is 17.6. The normalized spacial score (nSPS) is 29.6. The van der Waals surface area contributed by atoms with Crippen LogP contribution in [0.4, 0.5) is 11.6 Å². The summed E-state index contributed by atoms with van der Waals surface area (Å²) in [5.74, 6) is -1.24. The van der Waals surface area contributed by atoms with Gasteiger partial charge in [0.2, 0.25) is 0 Å². The first-order chi connectivity index (χ1) is 25.4. The summed E-state index contributed by atoms with van der Waals surface area (Å²) in [6.07, 6.45) is 2.22. The molecule has 5 N–H and O–H groups in total. The molecule has 9 rings (SSSR count). The van der Waals surface area contributed by atoms with Crippen molar-refractivity contribution in [3.05, 3.63) is 59.6 Å². The van der Waals surface area contributed by atoms with E-state index >= 15 is 0 Å². The Morgan fingerprint density at radius 1 is 0.755 bits per heavy atom. The molecule has 4 aliphatic heterocycles. The van der Waals surface area contributed by atoms with Crippen LogP contribution in [0.25, 0.3) is 22.3 Å². The summed E-state index contributed by atoms with van der Waals surface area (Å²) >= 11 is 3.35. The number of benzene rings is 1. The van der Waals surface area contributed by atoms with Crippen LogP contribution >= 0.6 is 15.9 Å². The number of aromatic nitrogens is 8. The minimum Gasteiger partial charge on any atom is -0.394 e. The van der Waals surface area contributed by atoms with E-state index in [4.69, 9.17) is 34.2 Å². The molecule has 53 heavy (non-hydrogen) atoms. The summed E-state index contributed by atoms with van der Waals surface area (Å²) in [6.45, 7) is 6.96. The van der Waals surface area contributed by atoms with Gasteiger partial charge in [0, 0.05) is 10.0 Å². The van der Waals surface area contributed by atoms with Crippen LogP contribution in [0.2, 0.25) is 0 Å². The number of imidazole rings is 2. The number of nitrogens with two attached hydrogens (primary N) is 1. The summed E-state index contributed by atoms with van der Waals surface area (Å²) in [5.41, 5.74) is 8.25. The number of ether oxygens (including phenoxy) is 6. The van der Waals surface area contributed by atoms with Gasteiger partial charge in [-0.3, -0.25) is 13.9 Å². The molecule has 1 amide bonds. The minimum absolute atomic E-state index is 0.152. The van der Waals surface area contributed by atoms with E-state index in [1.54, 1.807) is 46.1 Å². The molecule has 0 aliphatic carbocycles. The lowest BCUT2D eigenvalue weighted by molar-refractivity contribution is -0.200. The molecule has 0 bridgehead atoms. The summed E-state index contributed by atoms with van der Waals surface area (Å²) in [5, 5.41) is 22.0. The van der Waals surface area contributed by atoms with Gasteiger partial charge in [0.1, 0.15) is 54.8 Å². The van der Waals surface area contributed by atoms with E-state index in [9.17, 15) is 15.0 Å². The Morgan fingerprint density at radius 2 is 1.25 bits per heavy atom. The Hall–Kier alpha value is -4.25. The molecule has 20 heteroatoms. The van der Waals surface area contributed by atoms with Crippen molar-refractivity contribution < 1.29 is 43.4 Å². The predicted molar refractivity (Wildman–Crippen MR) is 187 cm³/mol. The molecule has 4 aliphatic rings. The highest BCUT2D eigenvalue weighted by Gasteiger charge is 2.57. The number of fused-ring (bicyclic) bond motifs is 4. The number of halogens is 1. The van der Waals surface area contributed by atoms with Gasteiger partial charge in [-0.1, -0.05) is 15.9 Å². The Bertz CT molecular complexity index is 2150. The Morgan fingerprint density at radius 3 is 1.79 bits per heavy atom. The zero-order valence-electron chi connectivity index (χ0n) is 28.9. The molecule has 280 valence electrons. The Balaban J connectivity index is 0.000000160. The molecule has 4 saturated heterocycles. The maximum absolute atomic E-state index is 12.6. The lowest BCUT2D eigenvalue weighted by Gasteiger charge is -2.24. The highest BCUT2D eigenvalue weighted by Crippen LogP contribution is 2.45. The van der Waals surface area contributed by atoms with Crippen molar-refractivity contribution >= 4 is 55.8 Å². The molecular formula is C33H37BrN10O9. The monoisotopic (exact) mass is 796 g/mol. The van der Waals surface area contributed by atoms with Crippen LogP contribution in [0.15, 0.2) is 54.0 Å². The number of anilines is 2. The number of nitrogen functional groups attached to an aromatic ring is 1. The van der Waals surface area contributed by atoms with Crippen molar-refractivity contribution in [3.63, 3.8) is 0 Å². The number of aliphatic hydroxyl groups is 2.